The molecular formula is C17H19FN2O4S. The molecule has 25 heavy (non-hydrogen) atoms. The topological polar surface area (TPSA) is 76.6 Å². The summed E-state index contributed by atoms with van der Waals surface area (Å²) in [4.78, 5) is 17.3. The molecule has 1 aromatic heterocycles. The van der Waals surface area contributed by atoms with E-state index in [9.17, 15) is 13.2 Å². The fourth-order valence-electron chi connectivity index (χ4n) is 2.25. The first-order valence-corrected chi connectivity index (χ1v) is 9.09. The Kier molecular flexibility index (Phi) is 5.73. The number of carbonyl (C=O) groups excluding carboxylic acids is 1. The number of halogens is 1. The highest BCUT2D eigenvalue weighted by atomic mass is 32.2. The summed E-state index contributed by atoms with van der Waals surface area (Å²) in [6, 6.07) is 12.6. The molecule has 1 heterocycles. The molecule has 0 bridgehead atoms. The van der Waals surface area contributed by atoms with Crippen molar-refractivity contribution in [3.05, 3.63) is 54.7 Å². The number of sulfone groups is 1. The highest BCUT2D eigenvalue weighted by molar-refractivity contribution is 7.93. The van der Waals surface area contributed by atoms with Gasteiger partial charge in [-0.25, -0.2) is 22.6 Å². The van der Waals surface area contributed by atoms with Crippen LogP contribution in [-0.2, 0) is 19.4 Å². The molecule has 6 nitrogen and oxygen atoms in total. The van der Waals surface area contributed by atoms with E-state index >= 15 is 4.39 Å². The SMILES string of the molecule is CCOC(=O)C(F)(CN(C)c1ccccc1)S(=O)(=O)c1ccccn1. The van der Waals surface area contributed by atoms with Crippen LogP contribution in [0.15, 0.2) is 59.8 Å². The van der Waals surface area contributed by atoms with Crippen molar-refractivity contribution in [3.63, 3.8) is 0 Å². The molecule has 0 fully saturated rings. The summed E-state index contributed by atoms with van der Waals surface area (Å²) in [6.07, 6.45) is 1.22. The molecule has 1 atom stereocenters. The van der Waals surface area contributed by atoms with Gasteiger partial charge in [-0.15, -0.1) is 0 Å². The van der Waals surface area contributed by atoms with Crippen LogP contribution in [0.2, 0.25) is 0 Å². The third kappa shape index (κ3) is 3.79. The Labute approximate surface area is 146 Å². The van der Waals surface area contributed by atoms with Gasteiger partial charge in [0.15, 0.2) is 5.03 Å². The molecule has 0 aliphatic carbocycles. The van der Waals surface area contributed by atoms with Gasteiger partial charge in [-0.1, -0.05) is 24.3 Å². The summed E-state index contributed by atoms with van der Waals surface area (Å²) in [5, 5.41) is -3.81. The van der Waals surface area contributed by atoms with Gasteiger partial charge in [-0.2, -0.15) is 0 Å². The first kappa shape index (κ1) is 18.9. The molecule has 0 N–H and O–H groups in total. The van der Waals surface area contributed by atoms with Gasteiger partial charge in [0, 0.05) is 18.9 Å². The van der Waals surface area contributed by atoms with Crippen molar-refractivity contribution < 1.29 is 22.3 Å². The van der Waals surface area contributed by atoms with Gasteiger partial charge in [0.2, 0.25) is 9.84 Å². The molecule has 1 aromatic carbocycles. The number of benzene rings is 1. The molecule has 8 heteroatoms. The predicted molar refractivity (Wildman–Crippen MR) is 91.6 cm³/mol. The highest BCUT2D eigenvalue weighted by Crippen LogP contribution is 2.30. The molecule has 0 aliphatic heterocycles. The van der Waals surface area contributed by atoms with E-state index in [0.717, 1.165) is 6.07 Å². The monoisotopic (exact) mass is 366 g/mol. The zero-order valence-corrected chi connectivity index (χ0v) is 14.7. The number of esters is 1. The van der Waals surface area contributed by atoms with Crippen molar-refractivity contribution in [2.45, 2.75) is 17.0 Å². The molecule has 0 spiro atoms. The van der Waals surface area contributed by atoms with Crippen LogP contribution in [0.1, 0.15) is 6.92 Å². The maximum absolute atomic E-state index is 15.6. The van der Waals surface area contributed by atoms with Crippen molar-refractivity contribution in [1.82, 2.24) is 4.98 Å². The number of nitrogens with zero attached hydrogens (tertiary/aromatic N) is 2. The molecule has 134 valence electrons. The molecule has 2 rings (SSSR count). The Morgan fingerprint density at radius 2 is 1.84 bits per heavy atom. The molecule has 2 aromatic rings. The third-order valence-corrected chi connectivity index (χ3v) is 5.50. The maximum Gasteiger partial charge on any atom is 0.362 e. The number of pyridine rings is 1. The standard InChI is InChI=1S/C17H19FN2O4S/c1-3-24-16(21)17(18,13-20(2)14-9-5-4-6-10-14)25(22,23)15-11-7-8-12-19-15/h4-12H,3,13H2,1-2H3. The van der Waals surface area contributed by atoms with Gasteiger partial charge in [-0.05, 0) is 31.2 Å². The Hall–Kier alpha value is -2.48. The molecule has 1 unspecified atom stereocenters. The van der Waals surface area contributed by atoms with Gasteiger partial charge in [-0.3, -0.25) is 0 Å². The second-order valence-electron chi connectivity index (χ2n) is 5.31. The number of alkyl halides is 1. The zero-order valence-electron chi connectivity index (χ0n) is 13.9. The fraction of sp³-hybridized carbons (Fsp3) is 0.294. The van der Waals surface area contributed by atoms with Crippen LogP contribution < -0.4 is 4.90 Å². The summed E-state index contributed by atoms with van der Waals surface area (Å²) in [5.74, 6) is -1.46. The average Bonchev–Trinajstić information content (AvgIpc) is 2.63. The lowest BCUT2D eigenvalue weighted by Gasteiger charge is -2.29. The zero-order chi connectivity index (χ0) is 18.5. The number of anilines is 1. The normalized spacial score (nSPS) is 13.7. The Morgan fingerprint density at radius 1 is 1.20 bits per heavy atom. The second-order valence-corrected chi connectivity index (χ2v) is 7.38. The smallest absolute Gasteiger partial charge is 0.362 e. The van der Waals surface area contributed by atoms with Crippen LogP contribution in [0.3, 0.4) is 0 Å². The lowest BCUT2D eigenvalue weighted by atomic mass is 10.2. The third-order valence-electron chi connectivity index (χ3n) is 3.56. The summed E-state index contributed by atoms with van der Waals surface area (Å²) >= 11 is 0. The van der Waals surface area contributed by atoms with E-state index in [1.54, 1.807) is 30.3 Å². The van der Waals surface area contributed by atoms with Crippen molar-refractivity contribution in [2.24, 2.45) is 0 Å². The second kappa shape index (κ2) is 7.60. The van der Waals surface area contributed by atoms with Crippen molar-refractivity contribution >= 4 is 21.5 Å². The highest BCUT2D eigenvalue weighted by Gasteiger charge is 2.55. The average molecular weight is 366 g/mol. The number of ether oxygens (including phenoxy) is 1. The minimum absolute atomic E-state index is 0.142. The number of hydrogen-bond acceptors (Lipinski definition) is 6. The molecule has 0 saturated carbocycles. The van der Waals surface area contributed by atoms with Gasteiger partial charge in [0.25, 0.3) is 0 Å². The molecule has 0 saturated heterocycles. The summed E-state index contributed by atoms with van der Waals surface area (Å²) < 4.78 is 45.9. The Morgan fingerprint density at radius 3 is 2.40 bits per heavy atom. The lowest BCUT2D eigenvalue weighted by Crippen LogP contribution is -2.51. The minimum Gasteiger partial charge on any atom is -0.463 e. The van der Waals surface area contributed by atoms with Gasteiger partial charge in [0.1, 0.15) is 0 Å². The van der Waals surface area contributed by atoms with Crippen LogP contribution >= 0.6 is 0 Å². The molecule has 0 radical (unpaired) electrons. The summed E-state index contributed by atoms with van der Waals surface area (Å²) in [6.45, 7) is 0.610. The predicted octanol–water partition coefficient (Wildman–Crippen LogP) is 2.22. The van der Waals surface area contributed by atoms with E-state index in [1.807, 2.05) is 0 Å². The van der Waals surface area contributed by atoms with Crippen molar-refractivity contribution in [1.29, 1.82) is 0 Å². The van der Waals surface area contributed by atoms with Crippen LogP contribution in [0.4, 0.5) is 10.1 Å². The van der Waals surface area contributed by atoms with Gasteiger partial charge >= 0.3 is 11.0 Å². The number of para-hydroxylation sites is 1. The van der Waals surface area contributed by atoms with Crippen LogP contribution in [-0.4, -0.2) is 44.6 Å². The lowest BCUT2D eigenvalue weighted by molar-refractivity contribution is -0.151. The number of carbonyl (C=O) groups is 1. The van der Waals surface area contributed by atoms with Crippen LogP contribution in [0, 0.1) is 0 Å². The largest absolute Gasteiger partial charge is 0.463 e. The Balaban J connectivity index is 2.46. The van der Waals surface area contributed by atoms with Gasteiger partial charge < -0.3 is 9.64 Å². The Bertz CT molecular complexity index is 815. The maximum atomic E-state index is 15.6. The first-order valence-electron chi connectivity index (χ1n) is 7.61. The molecule has 0 aliphatic rings. The summed E-state index contributed by atoms with van der Waals surface area (Å²) in [5.41, 5.74) is 0.560. The molecular weight excluding hydrogens is 347 g/mol. The molecule has 0 amide bonds. The van der Waals surface area contributed by atoms with E-state index in [2.05, 4.69) is 4.98 Å². The van der Waals surface area contributed by atoms with Crippen LogP contribution in [0.25, 0.3) is 0 Å². The van der Waals surface area contributed by atoms with Crippen molar-refractivity contribution in [3.8, 4) is 0 Å². The van der Waals surface area contributed by atoms with Gasteiger partial charge in [0.05, 0.1) is 13.2 Å². The van der Waals surface area contributed by atoms with Crippen LogP contribution in [0.5, 0.6) is 0 Å². The van der Waals surface area contributed by atoms with E-state index in [4.69, 9.17) is 4.74 Å². The van der Waals surface area contributed by atoms with E-state index in [-0.39, 0.29) is 6.61 Å². The number of hydrogen-bond donors (Lipinski definition) is 0. The van der Waals surface area contributed by atoms with Crippen molar-refractivity contribution in [2.75, 3.05) is 25.1 Å². The fourth-order valence-corrected chi connectivity index (χ4v) is 3.68. The van der Waals surface area contributed by atoms with E-state index < -0.39 is 32.4 Å². The summed E-state index contributed by atoms with van der Waals surface area (Å²) in [7, 11) is -3.22. The minimum atomic E-state index is -4.72. The van der Waals surface area contributed by atoms with E-state index in [1.165, 1.54) is 37.2 Å². The quantitative estimate of drug-likeness (QED) is 0.700. The number of rotatable bonds is 7. The first-order chi connectivity index (χ1) is 11.8. The van der Waals surface area contributed by atoms with E-state index in [0.29, 0.717) is 5.69 Å². The number of aromatic nitrogens is 1.